The van der Waals surface area contributed by atoms with Crippen molar-refractivity contribution in [3.8, 4) is 11.1 Å². The Morgan fingerprint density at radius 1 is 1.12 bits per heavy atom. The fraction of sp³-hybridized carbons (Fsp3) is 0.0769. The number of nitrogens with zero attached hydrogens (tertiary/aromatic N) is 2. The molecule has 0 saturated heterocycles. The lowest BCUT2D eigenvalue weighted by Gasteiger charge is -2.05. The van der Waals surface area contributed by atoms with Gasteiger partial charge in [0.2, 0.25) is 0 Å². The number of benzene rings is 1. The molecule has 0 unspecified atom stereocenters. The molecule has 1 heterocycles. The van der Waals surface area contributed by atoms with Crippen molar-refractivity contribution in [2.75, 3.05) is 0 Å². The summed E-state index contributed by atoms with van der Waals surface area (Å²) >= 11 is 0. The maximum Gasteiger partial charge on any atom is 0.0540 e. The molecule has 16 heavy (non-hydrogen) atoms. The second kappa shape index (κ2) is 4.57. The lowest BCUT2D eigenvalue weighted by atomic mass is 10.0. The normalized spacial score (nSPS) is 10.8. The average Bonchev–Trinajstić information content (AvgIpc) is 2.33. The maximum atomic E-state index is 5.18. The van der Waals surface area contributed by atoms with E-state index in [2.05, 4.69) is 28.3 Å². The summed E-state index contributed by atoms with van der Waals surface area (Å²) in [5, 5.41) is 3.56. The molecule has 2 N–H and O–H groups in total. The topological polar surface area (TPSA) is 51.3 Å². The van der Waals surface area contributed by atoms with Crippen molar-refractivity contribution >= 4 is 6.21 Å². The van der Waals surface area contributed by atoms with Gasteiger partial charge in [0.05, 0.1) is 6.21 Å². The molecule has 0 saturated carbocycles. The Bertz CT molecular complexity index is 504. The molecule has 0 aliphatic heterocycles. The standard InChI is InChI=1S/C13H13N3/c1-10-2-3-12(8-13(10)9-16-14)11-4-6-15-7-5-11/h2-9H,14H2,1H3/b16-9-. The van der Waals surface area contributed by atoms with E-state index in [1.807, 2.05) is 19.1 Å². The molecule has 2 rings (SSSR count). The van der Waals surface area contributed by atoms with Gasteiger partial charge in [-0.3, -0.25) is 4.98 Å². The van der Waals surface area contributed by atoms with Crippen molar-refractivity contribution in [1.82, 2.24) is 4.98 Å². The van der Waals surface area contributed by atoms with Crippen molar-refractivity contribution in [2.45, 2.75) is 6.92 Å². The molecule has 3 nitrogen and oxygen atoms in total. The van der Waals surface area contributed by atoms with Crippen molar-refractivity contribution in [3.63, 3.8) is 0 Å². The van der Waals surface area contributed by atoms with E-state index in [9.17, 15) is 0 Å². The highest BCUT2D eigenvalue weighted by atomic mass is 15.1. The van der Waals surface area contributed by atoms with E-state index in [4.69, 9.17) is 5.84 Å². The van der Waals surface area contributed by atoms with Gasteiger partial charge < -0.3 is 5.84 Å². The van der Waals surface area contributed by atoms with Crippen LogP contribution < -0.4 is 5.84 Å². The van der Waals surface area contributed by atoms with Crippen molar-refractivity contribution < 1.29 is 0 Å². The van der Waals surface area contributed by atoms with Crippen molar-refractivity contribution in [3.05, 3.63) is 53.9 Å². The van der Waals surface area contributed by atoms with Crippen LogP contribution in [0.2, 0.25) is 0 Å². The summed E-state index contributed by atoms with van der Waals surface area (Å²) in [4.78, 5) is 4.00. The first-order valence-electron chi connectivity index (χ1n) is 5.05. The van der Waals surface area contributed by atoms with E-state index in [0.29, 0.717) is 0 Å². The zero-order chi connectivity index (χ0) is 11.4. The van der Waals surface area contributed by atoms with Crippen LogP contribution in [0.1, 0.15) is 11.1 Å². The molecule has 0 amide bonds. The van der Waals surface area contributed by atoms with Crippen LogP contribution in [0.3, 0.4) is 0 Å². The molecule has 80 valence electrons. The molecule has 2 aromatic rings. The average molecular weight is 211 g/mol. The second-order valence-electron chi connectivity index (χ2n) is 3.59. The molecule has 0 aliphatic carbocycles. The molecular formula is C13H13N3. The highest BCUT2D eigenvalue weighted by molar-refractivity contribution is 5.84. The van der Waals surface area contributed by atoms with Gasteiger partial charge in [0.15, 0.2) is 0 Å². The molecule has 0 bridgehead atoms. The largest absolute Gasteiger partial charge is 0.323 e. The smallest absolute Gasteiger partial charge is 0.0540 e. The first kappa shape index (κ1) is 10.4. The Labute approximate surface area is 94.6 Å². The highest BCUT2D eigenvalue weighted by Gasteiger charge is 2.00. The van der Waals surface area contributed by atoms with Crippen LogP contribution in [-0.2, 0) is 0 Å². The summed E-state index contributed by atoms with van der Waals surface area (Å²) in [6, 6.07) is 10.2. The van der Waals surface area contributed by atoms with Gasteiger partial charge in [-0.2, -0.15) is 5.10 Å². The molecular weight excluding hydrogens is 198 g/mol. The number of hydrogen-bond acceptors (Lipinski definition) is 3. The van der Waals surface area contributed by atoms with Crippen LogP contribution in [0.4, 0.5) is 0 Å². The molecule has 0 fully saturated rings. The lowest BCUT2D eigenvalue weighted by molar-refractivity contribution is 1.26. The number of rotatable bonds is 2. The van der Waals surface area contributed by atoms with Crippen LogP contribution in [0.15, 0.2) is 47.8 Å². The van der Waals surface area contributed by atoms with Crippen LogP contribution in [0.5, 0.6) is 0 Å². The Kier molecular flexibility index (Phi) is 2.96. The monoisotopic (exact) mass is 211 g/mol. The maximum absolute atomic E-state index is 5.18. The van der Waals surface area contributed by atoms with E-state index < -0.39 is 0 Å². The fourth-order valence-corrected chi connectivity index (χ4v) is 1.58. The van der Waals surface area contributed by atoms with Gasteiger partial charge in [0, 0.05) is 12.4 Å². The number of pyridine rings is 1. The summed E-state index contributed by atoms with van der Waals surface area (Å²) in [5.74, 6) is 5.18. The molecule has 1 aromatic carbocycles. The summed E-state index contributed by atoms with van der Waals surface area (Å²) in [7, 11) is 0. The van der Waals surface area contributed by atoms with E-state index >= 15 is 0 Å². The van der Waals surface area contributed by atoms with E-state index in [-0.39, 0.29) is 0 Å². The van der Waals surface area contributed by atoms with Crippen molar-refractivity contribution in [2.24, 2.45) is 10.9 Å². The Morgan fingerprint density at radius 3 is 2.56 bits per heavy atom. The Hall–Kier alpha value is -2.16. The minimum atomic E-state index is 1.04. The summed E-state index contributed by atoms with van der Waals surface area (Å²) in [5.41, 5.74) is 4.48. The van der Waals surface area contributed by atoms with Crippen LogP contribution in [0, 0.1) is 6.92 Å². The van der Waals surface area contributed by atoms with Crippen LogP contribution in [0.25, 0.3) is 11.1 Å². The van der Waals surface area contributed by atoms with Crippen LogP contribution in [-0.4, -0.2) is 11.2 Å². The minimum absolute atomic E-state index is 1.04. The molecule has 3 heteroatoms. The lowest BCUT2D eigenvalue weighted by Crippen LogP contribution is -1.91. The van der Waals surface area contributed by atoms with E-state index in [0.717, 1.165) is 22.3 Å². The third-order valence-electron chi connectivity index (χ3n) is 2.51. The molecule has 0 spiro atoms. The third kappa shape index (κ3) is 2.08. The predicted octanol–water partition coefficient (Wildman–Crippen LogP) is 2.35. The van der Waals surface area contributed by atoms with Gasteiger partial charge in [-0.1, -0.05) is 12.1 Å². The van der Waals surface area contributed by atoms with E-state index in [1.54, 1.807) is 18.6 Å². The fourth-order valence-electron chi connectivity index (χ4n) is 1.58. The summed E-state index contributed by atoms with van der Waals surface area (Å²) in [6.07, 6.45) is 5.23. The number of nitrogens with two attached hydrogens (primary N) is 1. The summed E-state index contributed by atoms with van der Waals surface area (Å²) in [6.45, 7) is 2.04. The zero-order valence-corrected chi connectivity index (χ0v) is 9.09. The molecule has 0 aliphatic rings. The SMILES string of the molecule is Cc1ccc(-c2ccncc2)cc1/C=N\N. The number of hydrazone groups is 1. The van der Waals surface area contributed by atoms with Gasteiger partial charge in [-0.05, 0) is 47.4 Å². The Balaban J connectivity index is 2.48. The number of aryl methyl sites for hydroxylation is 1. The molecule has 0 radical (unpaired) electrons. The minimum Gasteiger partial charge on any atom is -0.323 e. The van der Waals surface area contributed by atoms with Gasteiger partial charge in [0.1, 0.15) is 0 Å². The predicted molar refractivity (Wildman–Crippen MR) is 66.2 cm³/mol. The van der Waals surface area contributed by atoms with Crippen LogP contribution >= 0.6 is 0 Å². The van der Waals surface area contributed by atoms with Gasteiger partial charge in [0.25, 0.3) is 0 Å². The van der Waals surface area contributed by atoms with E-state index in [1.165, 1.54) is 0 Å². The quantitative estimate of drug-likeness (QED) is 0.471. The first-order chi connectivity index (χ1) is 7.81. The van der Waals surface area contributed by atoms with Gasteiger partial charge >= 0.3 is 0 Å². The zero-order valence-electron chi connectivity index (χ0n) is 9.09. The first-order valence-corrected chi connectivity index (χ1v) is 5.05. The molecule has 1 aromatic heterocycles. The van der Waals surface area contributed by atoms with Crippen molar-refractivity contribution in [1.29, 1.82) is 0 Å². The highest BCUT2D eigenvalue weighted by Crippen LogP contribution is 2.20. The number of aromatic nitrogens is 1. The second-order valence-corrected chi connectivity index (χ2v) is 3.59. The molecule has 0 atom stereocenters. The third-order valence-corrected chi connectivity index (χ3v) is 2.51. The summed E-state index contributed by atoms with van der Waals surface area (Å²) < 4.78 is 0. The van der Waals surface area contributed by atoms with Gasteiger partial charge in [-0.15, -0.1) is 0 Å². The number of hydrogen-bond donors (Lipinski definition) is 1. The Morgan fingerprint density at radius 2 is 1.88 bits per heavy atom. The van der Waals surface area contributed by atoms with Gasteiger partial charge in [-0.25, -0.2) is 0 Å².